The van der Waals surface area contributed by atoms with E-state index in [1.807, 2.05) is 25.1 Å². The average Bonchev–Trinajstić information content (AvgIpc) is 3.10. The molecule has 1 heterocycles. The maximum atomic E-state index is 11.6. The first-order valence-corrected chi connectivity index (χ1v) is 9.49. The van der Waals surface area contributed by atoms with Gasteiger partial charge in [0.15, 0.2) is 5.96 Å². The summed E-state index contributed by atoms with van der Waals surface area (Å²) in [6.45, 7) is 3.48. The van der Waals surface area contributed by atoms with E-state index in [1.165, 1.54) is 11.3 Å². The predicted molar refractivity (Wildman–Crippen MR) is 122 cm³/mol. The third kappa shape index (κ3) is 7.65. The molecule has 0 aliphatic carbocycles. The topological polar surface area (TPSA) is 85.8 Å². The van der Waals surface area contributed by atoms with E-state index in [2.05, 4.69) is 20.9 Å². The number of hydrogen-bond donors (Lipinski definition) is 4. The molecular formula is C18H24ClIN4O2S. The second-order valence-corrected chi connectivity index (χ2v) is 7.26. The van der Waals surface area contributed by atoms with Crippen molar-refractivity contribution in [2.45, 2.75) is 19.6 Å². The Hall–Kier alpha value is -1.36. The van der Waals surface area contributed by atoms with Crippen molar-refractivity contribution in [3.8, 4) is 0 Å². The lowest BCUT2D eigenvalue weighted by atomic mass is 10.1. The van der Waals surface area contributed by atoms with Gasteiger partial charge in [0, 0.05) is 30.6 Å². The fraction of sp³-hybridized carbons (Fsp3) is 0.333. The Morgan fingerprint density at radius 2 is 1.93 bits per heavy atom. The predicted octanol–water partition coefficient (Wildman–Crippen LogP) is 3.17. The molecule has 2 rings (SSSR count). The number of hydrogen-bond acceptors (Lipinski definition) is 4. The van der Waals surface area contributed by atoms with E-state index in [4.69, 9.17) is 11.6 Å². The average molecular weight is 523 g/mol. The number of thiophene rings is 1. The molecule has 1 amide bonds. The first-order valence-electron chi connectivity index (χ1n) is 8.30. The van der Waals surface area contributed by atoms with Gasteiger partial charge in [-0.05, 0) is 36.8 Å². The third-order valence-electron chi connectivity index (χ3n) is 3.59. The van der Waals surface area contributed by atoms with E-state index in [0.717, 1.165) is 10.4 Å². The van der Waals surface area contributed by atoms with Gasteiger partial charge < -0.3 is 21.1 Å². The molecule has 0 aliphatic rings. The standard InChI is InChI=1S/C18H23ClN4O2S.HI/c1-3-21-18(23-11-14(24)15-8-9-16(19)26-15)22-10-12-4-6-13(7-5-12)17(25)20-2;/h4-9,14,24H,3,10-11H2,1-2H3,(H,20,25)(H2,21,22,23);1H. The minimum absolute atomic E-state index is 0. The number of rotatable bonds is 7. The van der Waals surface area contributed by atoms with Gasteiger partial charge in [0.1, 0.15) is 6.10 Å². The van der Waals surface area contributed by atoms with Gasteiger partial charge in [-0.1, -0.05) is 23.7 Å². The molecule has 27 heavy (non-hydrogen) atoms. The monoisotopic (exact) mass is 522 g/mol. The molecule has 0 aliphatic heterocycles. The summed E-state index contributed by atoms with van der Waals surface area (Å²) in [6.07, 6.45) is -0.650. The summed E-state index contributed by atoms with van der Waals surface area (Å²) >= 11 is 7.26. The normalized spacial score (nSPS) is 12.1. The highest BCUT2D eigenvalue weighted by Crippen LogP contribution is 2.26. The molecule has 1 atom stereocenters. The Balaban J connectivity index is 0.00000364. The van der Waals surface area contributed by atoms with Gasteiger partial charge in [-0.15, -0.1) is 35.3 Å². The summed E-state index contributed by atoms with van der Waals surface area (Å²) in [5.74, 6) is 0.502. The van der Waals surface area contributed by atoms with Crippen molar-refractivity contribution in [3.05, 3.63) is 56.7 Å². The Kier molecular flexibility index (Phi) is 10.7. The van der Waals surface area contributed by atoms with Crippen LogP contribution in [0, 0.1) is 0 Å². The molecule has 1 aromatic carbocycles. The van der Waals surface area contributed by atoms with Crippen LogP contribution in [0.3, 0.4) is 0 Å². The number of guanidine groups is 1. The number of carbonyl (C=O) groups is 1. The SMILES string of the molecule is CCNC(=NCc1ccc(C(=O)NC)cc1)NCC(O)c1ccc(Cl)s1.I. The maximum Gasteiger partial charge on any atom is 0.251 e. The lowest BCUT2D eigenvalue weighted by Gasteiger charge is -2.14. The number of halogens is 2. The largest absolute Gasteiger partial charge is 0.386 e. The van der Waals surface area contributed by atoms with E-state index >= 15 is 0 Å². The third-order valence-corrected chi connectivity index (χ3v) is 4.92. The summed E-state index contributed by atoms with van der Waals surface area (Å²) in [4.78, 5) is 16.9. The number of amides is 1. The van der Waals surface area contributed by atoms with Crippen LogP contribution in [-0.4, -0.2) is 37.1 Å². The van der Waals surface area contributed by atoms with Crippen LogP contribution in [0.1, 0.15) is 33.8 Å². The molecule has 148 valence electrons. The lowest BCUT2D eigenvalue weighted by Crippen LogP contribution is -2.39. The first kappa shape index (κ1) is 23.7. The highest BCUT2D eigenvalue weighted by atomic mass is 127. The van der Waals surface area contributed by atoms with Crippen LogP contribution >= 0.6 is 46.9 Å². The van der Waals surface area contributed by atoms with Crippen LogP contribution in [0.5, 0.6) is 0 Å². The number of carbonyl (C=O) groups excluding carboxylic acids is 1. The summed E-state index contributed by atoms with van der Waals surface area (Å²) in [5.41, 5.74) is 1.60. The zero-order valence-electron chi connectivity index (χ0n) is 15.2. The van der Waals surface area contributed by atoms with E-state index in [1.54, 1.807) is 25.2 Å². The minimum Gasteiger partial charge on any atom is -0.386 e. The van der Waals surface area contributed by atoms with Crippen LogP contribution in [0.15, 0.2) is 41.4 Å². The molecule has 0 radical (unpaired) electrons. The van der Waals surface area contributed by atoms with Gasteiger partial charge in [0.05, 0.1) is 10.9 Å². The number of benzene rings is 1. The van der Waals surface area contributed by atoms with Crippen molar-refractivity contribution in [3.63, 3.8) is 0 Å². The summed E-state index contributed by atoms with van der Waals surface area (Å²) in [6, 6.07) is 10.9. The summed E-state index contributed by atoms with van der Waals surface area (Å²) in [5, 5.41) is 19.1. The molecule has 0 saturated heterocycles. The van der Waals surface area contributed by atoms with Crippen molar-refractivity contribution >= 4 is 58.8 Å². The van der Waals surface area contributed by atoms with Gasteiger partial charge >= 0.3 is 0 Å². The number of aliphatic imine (C=N–C) groups is 1. The van der Waals surface area contributed by atoms with Crippen molar-refractivity contribution < 1.29 is 9.90 Å². The highest BCUT2D eigenvalue weighted by Gasteiger charge is 2.11. The number of nitrogens with zero attached hydrogens (tertiary/aromatic N) is 1. The van der Waals surface area contributed by atoms with Crippen molar-refractivity contribution in [1.82, 2.24) is 16.0 Å². The molecule has 1 aromatic heterocycles. The van der Waals surface area contributed by atoms with Crippen molar-refractivity contribution in [2.24, 2.45) is 4.99 Å². The summed E-state index contributed by atoms with van der Waals surface area (Å²) in [7, 11) is 1.60. The Bertz CT molecular complexity index is 752. The number of aliphatic hydroxyl groups excluding tert-OH is 1. The van der Waals surface area contributed by atoms with Gasteiger partial charge in [-0.2, -0.15) is 0 Å². The van der Waals surface area contributed by atoms with Crippen LogP contribution in [0.4, 0.5) is 0 Å². The molecule has 9 heteroatoms. The molecule has 0 fully saturated rings. The smallest absolute Gasteiger partial charge is 0.251 e. The van der Waals surface area contributed by atoms with Crippen LogP contribution in [0.25, 0.3) is 0 Å². The van der Waals surface area contributed by atoms with Crippen LogP contribution in [-0.2, 0) is 6.54 Å². The fourth-order valence-corrected chi connectivity index (χ4v) is 3.27. The van der Waals surface area contributed by atoms with Gasteiger partial charge in [-0.3, -0.25) is 4.79 Å². The van der Waals surface area contributed by atoms with Gasteiger partial charge in [-0.25, -0.2) is 4.99 Å². The van der Waals surface area contributed by atoms with E-state index in [9.17, 15) is 9.90 Å². The first-order chi connectivity index (χ1) is 12.5. The highest BCUT2D eigenvalue weighted by molar-refractivity contribution is 14.0. The fourth-order valence-electron chi connectivity index (χ4n) is 2.22. The second kappa shape index (κ2) is 12.2. The zero-order valence-corrected chi connectivity index (χ0v) is 19.1. The van der Waals surface area contributed by atoms with Crippen LogP contribution < -0.4 is 16.0 Å². The second-order valence-electron chi connectivity index (χ2n) is 5.51. The van der Waals surface area contributed by atoms with Crippen molar-refractivity contribution in [2.75, 3.05) is 20.1 Å². The number of nitrogens with one attached hydrogen (secondary N) is 3. The Morgan fingerprint density at radius 3 is 2.48 bits per heavy atom. The molecule has 2 aromatic rings. The molecule has 1 unspecified atom stereocenters. The molecule has 0 saturated carbocycles. The van der Waals surface area contributed by atoms with E-state index < -0.39 is 6.10 Å². The number of aliphatic hydroxyl groups is 1. The van der Waals surface area contributed by atoms with Gasteiger partial charge in [0.25, 0.3) is 5.91 Å². The molecular weight excluding hydrogens is 499 g/mol. The maximum absolute atomic E-state index is 11.6. The summed E-state index contributed by atoms with van der Waals surface area (Å²) < 4.78 is 0.653. The molecule has 6 nitrogen and oxygen atoms in total. The van der Waals surface area contributed by atoms with Crippen LogP contribution in [0.2, 0.25) is 4.34 Å². The molecule has 0 bridgehead atoms. The zero-order chi connectivity index (χ0) is 18.9. The van der Waals surface area contributed by atoms with E-state index in [0.29, 0.717) is 35.5 Å². The minimum atomic E-state index is -0.650. The Labute approximate surface area is 185 Å². The van der Waals surface area contributed by atoms with Crippen molar-refractivity contribution in [1.29, 1.82) is 0 Å². The van der Waals surface area contributed by atoms with E-state index in [-0.39, 0.29) is 29.9 Å². The van der Waals surface area contributed by atoms with Gasteiger partial charge in [0.2, 0.25) is 0 Å². The lowest BCUT2D eigenvalue weighted by molar-refractivity contribution is 0.0963. The Morgan fingerprint density at radius 1 is 1.22 bits per heavy atom. The quantitative estimate of drug-likeness (QED) is 0.256. The molecule has 0 spiro atoms. The molecule has 4 N–H and O–H groups in total.